The Morgan fingerprint density at radius 1 is 0.692 bits per heavy atom. The molecule has 0 fully saturated rings. The molecule has 0 unspecified atom stereocenters. The lowest BCUT2D eigenvalue weighted by atomic mass is 9.94. The first-order valence-corrected chi connectivity index (χ1v) is 8.85. The van der Waals surface area contributed by atoms with Gasteiger partial charge in [0, 0.05) is 27.4 Å². The molecule has 2 heteroatoms. The van der Waals surface area contributed by atoms with Gasteiger partial charge in [-0.1, -0.05) is 78.9 Å². The minimum absolute atomic E-state index is 1.02. The Morgan fingerprint density at radius 2 is 1.31 bits per heavy atom. The van der Waals surface area contributed by atoms with E-state index < -0.39 is 0 Å². The normalized spacial score (nSPS) is 11.3. The Kier molecular flexibility index (Phi) is 3.36. The molecule has 0 aliphatic carbocycles. The summed E-state index contributed by atoms with van der Waals surface area (Å²) < 4.78 is 0. The van der Waals surface area contributed by atoms with Gasteiger partial charge in [0.2, 0.25) is 0 Å². The fourth-order valence-corrected chi connectivity index (χ4v) is 3.76. The van der Waals surface area contributed by atoms with Crippen LogP contribution in [0, 0.1) is 6.92 Å². The molecule has 1 N–H and O–H groups in total. The van der Waals surface area contributed by atoms with E-state index in [1.807, 2.05) is 6.07 Å². The molecule has 5 aromatic rings. The molecule has 0 saturated heterocycles. The van der Waals surface area contributed by atoms with E-state index in [4.69, 9.17) is 4.98 Å². The zero-order valence-corrected chi connectivity index (χ0v) is 14.5. The van der Waals surface area contributed by atoms with Gasteiger partial charge in [0.1, 0.15) is 0 Å². The van der Waals surface area contributed by atoms with Gasteiger partial charge < -0.3 is 4.98 Å². The molecular formula is C24H18N2. The maximum Gasteiger partial charge on any atom is 0.0791 e. The lowest BCUT2D eigenvalue weighted by molar-refractivity contribution is 1.22. The van der Waals surface area contributed by atoms with Crippen LogP contribution in [0.4, 0.5) is 0 Å². The zero-order valence-electron chi connectivity index (χ0n) is 14.5. The molecule has 5 rings (SSSR count). The molecule has 2 heterocycles. The molecule has 0 aliphatic rings. The van der Waals surface area contributed by atoms with Crippen molar-refractivity contribution < 1.29 is 0 Å². The monoisotopic (exact) mass is 334 g/mol. The van der Waals surface area contributed by atoms with Gasteiger partial charge >= 0.3 is 0 Å². The van der Waals surface area contributed by atoms with Gasteiger partial charge in [-0.2, -0.15) is 0 Å². The van der Waals surface area contributed by atoms with E-state index in [-0.39, 0.29) is 0 Å². The van der Waals surface area contributed by atoms with Crippen LogP contribution in [0.3, 0.4) is 0 Å². The second kappa shape index (κ2) is 5.85. The largest absolute Gasteiger partial charge is 0.353 e. The number of pyridine rings is 1. The van der Waals surface area contributed by atoms with E-state index >= 15 is 0 Å². The topological polar surface area (TPSA) is 28.7 Å². The second-order valence-corrected chi connectivity index (χ2v) is 6.57. The number of fused-ring (bicyclic) bond motifs is 3. The number of H-pyrrole nitrogens is 1. The van der Waals surface area contributed by atoms with E-state index in [1.165, 1.54) is 21.9 Å². The molecule has 2 nitrogen and oxygen atoms in total. The van der Waals surface area contributed by atoms with Crippen molar-refractivity contribution in [3.8, 4) is 22.4 Å². The highest BCUT2D eigenvalue weighted by Gasteiger charge is 2.18. The summed E-state index contributed by atoms with van der Waals surface area (Å²) in [5.41, 5.74) is 7.84. The number of aromatic nitrogens is 2. The molecule has 0 radical (unpaired) electrons. The van der Waals surface area contributed by atoms with Crippen LogP contribution >= 0.6 is 0 Å². The first kappa shape index (κ1) is 14.9. The Labute approximate surface area is 152 Å². The SMILES string of the molecule is Cc1nc(-c2ccccc2)c(-c2ccccc2)c2c1[nH]c1ccccc12. The molecule has 0 saturated carbocycles. The third kappa shape index (κ3) is 2.23. The van der Waals surface area contributed by atoms with Crippen molar-refractivity contribution in [1.82, 2.24) is 9.97 Å². The number of nitrogens with zero attached hydrogens (tertiary/aromatic N) is 1. The van der Waals surface area contributed by atoms with E-state index in [0.717, 1.165) is 28.0 Å². The fourth-order valence-electron chi connectivity index (χ4n) is 3.76. The first-order valence-electron chi connectivity index (χ1n) is 8.85. The number of rotatable bonds is 2. The number of nitrogens with one attached hydrogen (secondary N) is 1. The summed E-state index contributed by atoms with van der Waals surface area (Å²) in [6.07, 6.45) is 0. The average molecular weight is 334 g/mol. The summed E-state index contributed by atoms with van der Waals surface area (Å²) in [4.78, 5) is 8.58. The highest BCUT2D eigenvalue weighted by atomic mass is 14.8. The first-order chi connectivity index (χ1) is 12.8. The molecule has 2 aromatic heterocycles. The standard InChI is InChI=1S/C24H18N2/c1-16-23-22(19-14-8-9-15-20(19)26-23)21(17-10-4-2-5-11-17)24(25-16)18-12-6-3-7-13-18/h2-15,26H,1H3. The predicted molar refractivity (Wildman–Crippen MR) is 109 cm³/mol. The van der Waals surface area contributed by atoms with Crippen molar-refractivity contribution in [2.75, 3.05) is 0 Å². The maximum atomic E-state index is 5.01. The molecule has 0 amide bonds. The van der Waals surface area contributed by atoms with Gasteiger partial charge in [-0.3, -0.25) is 4.98 Å². The van der Waals surface area contributed by atoms with Crippen molar-refractivity contribution in [3.63, 3.8) is 0 Å². The van der Waals surface area contributed by atoms with Crippen molar-refractivity contribution >= 4 is 21.8 Å². The Hall–Kier alpha value is -3.39. The number of aryl methyl sites for hydroxylation is 1. The second-order valence-electron chi connectivity index (χ2n) is 6.57. The van der Waals surface area contributed by atoms with Crippen molar-refractivity contribution in [2.45, 2.75) is 6.92 Å². The number of aromatic amines is 1. The van der Waals surface area contributed by atoms with Crippen LogP contribution in [0.5, 0.6) is 0 Å². The third-order valence-electron chi connectivity index (χ3n) is 4.94. The van der Waals surface area contributed by atoms with Crippen LogP contribution in [-0.4, -0.2) is 9.97 Å². The number of benzene rings is 3. The summed E-state index contributed by atoms with van der Waals surface area (Å²) in [5.74, 6) is 0. The van der Waals surface area contributed by atoms with Crippen LogP contribution in [0.2, 0.25) is 0 Å². The highest BCUT2D eigenvalue weighted by Crippen LogP contribution is 2.41. The molecular weight excluding hydrogens is 316 g/mol. The maximum absolute atomic E-state index is 5.01. The van der Waals surface area contributed by atoms with Crippen molar-refractivity contribution in [3.05, 3.63) is 90.6 Å². The minimum atomic E-state index is 1.02. The molecule has 26 heavy (non-hydrogen) atoms. The summed E-state index contributed by atoms with van der Waals surface area (Å²) in [6, 6.07) is 29.5. The number of para-hydroxylation sites is 1. The summed E-state index contributed by atoms with van der Waals surface area (Å²) in [5, 5.41) is 2.49. The molecule has 3 aromatic carbocycles. The molecule has 0 spiro atoms. The van der Waals surface area contributed by atoms with Crippen LogP contribution in [0.25, 0.3) is 44.2 Å². The van der Waals surface area contributed by atoms with Crippen molar-refractivity contribution in [2.24, 2.45) is 0 Å². The quantitative estimate of drug-likeness (QED) is 0.400. The summed E-state index contributed by atoms with van der Waals surface area (Å²) >= 11 is 0. The van der Waals surface area contributed by atoms with E-state index in [1.54, 1.807) is 0 Å². The lowest BCUT2D eigenvalue weighted by Crippen LogP contribution is -1.94. The van der Waals surface area contributed by atoms with E-state index in [9.17, 15) is 0 Å². The van der Waals surface area contributed by atoms with Crippen molar-refractivity contribution in [1.29, 1.82) is 0 Å². The molecule has 0 aliphatic heterocycles. The van der Waals surface area contributed by atoms with E-state index in [0.29, 0.717) is 0 Å². The minimum Gasteiger partial charge on any atom is -0.353 e. The van der Waals surface area contributed by atoms with Crippen LogP contribution in [0.15, 0.2) is 84.9 Å². The smallest absolute Gasteiger partial charge is 0.0791 e. The number of hydrogen-bond donors (Lipinski definition) is 1. The average Bonchev–Trinajstić information content (AvgIpc) is 3.09. The summed E-state index contributed by atoms with van der Waals surface area (Å²) in [7, 11) is 0. The van der Waals surface area contributed by atoms with Gasteiger partial charge in [0.05, 0.1) is 16.9 Å². The van der Waals surface area contributed by atoms with Crippen LogP contribution in [0.1, 0.15) is 5.69 Å². The third-order valence-corrected chi connectivity index (χ3v) is 4.94. The Bertz CT molecular complexity index is 1220. The fraction of sp³-hybridized carbons (Fsp3) is 0.0417. The zero-order chi connectivity index (χ0) is 17.5. The van der Waals surface area contributed by atoms with Gasteiger partial charge in [-0.15, -0.1) is 0 Å². The number of hydrogen-bond acceptors (Lipinski definition) is 1. The molecule has 0 atom stereocenters. The predicted octanol–water partition coefficient (Wildman–Crippen LogP) is 6.36. The summed E-state index contributed by atoms with van der Waals surface area (Å²) in [6.45, 7) is 2.08. The Morgan fingerprint density at radius 3 is 2.04 bits per heavy atom. The van der Waals surface area contributed by atoms with Gasteiger partial charge in [-0.25, -0.2) is 0 Å². The van der Waals surface area contributed by atoms with Gasteiger partial charge in [0.15, 0.2) is 0 Å². The molecule has 0 bridgehead atoms. The lowest BCUT2D eigenvalue weighted by Gasteiger charge is -2.13. The van der Waals surface area contributed by atoms with Crippen LogP contribution in [-0.2, 0) is 0 Å². The Balaban J connectivity index is 2.01. The molecule has 124 valence electrons. The van der Waals surface area contributed by atoms with E-state index in [2.05, 4.69) is 90.8 Å². The van der Waals surface area contributed by atoms with Gasteiger partial charge in [0.25, 0.3) is 0 Å². The van der Waals surface area contributed by atoms with Crippen LogP contribution < -0.4 is 0 Å². The van der Waals surface area contributed by atoms with Gasteiger partial charge in [-0.05, 0) is 18.6 Å². The highest BCUT2D eigenvalue weighted by molar-refractivity contribution is 6.17.